The van der Waals surface area contributed by atoms with Gasteiger partial charge in [-0.3, -0.25) is 4.79 Å². The standard InChI is InChI=1S/C14H17NO4S/c1-4-19-12-7-5-11(6-8-12)13(9-15)14(16)10(2)20(3,17)18/h5-8,10,13H,4H2,1-3H3. The van der Waals surface area contributed by atoms with Crippen LogP contribution in [0, 0.1) is 11.3 Å². The van der Waals surface area contributed by atoms with Gasteiger partial charge in [-0.25, -0.2) is 8.42 Å². The second-order valence-electron chi connectivity index (χ2n) is 4.44. The molecule has 0 radical (unpaired) electrons. The number of nitrogens with zero attached hydrogens (tertiary/aromatic N) is 1. The maximum Gasteiger partial charge on any atom is 0.172 e. The van der Waals surface area contributed by atoms with Gasteiger partial charge in [0.15, 0.2) is 15.6 Å². The monoisotopic (exact) mass is 295 g/mol. The summed E-state index contributed by atoms with van der Waals surface area (Å²) >= 11 is 0. The average molecular weight is 295 g/mol. The van der Waals surface area contributed by atoms with Crippen molar-refractivity contribution in [2.45, 2.75) is 25.0 Å². The van der Waals surface area contributed by atoms with Crippen LogP contribution in [0.25, 0.3) is 0 Å². The molecule has 0 spiro atoms. The predicted octanol–water partition coefficient (Wildman–Crippen LogP) is 1.69. The lowest BCUT2D eigenvalue weighted by atomic mass is 9.94. The van der Waals surface area contributed by atoms with Crippen molar-refractivity contribution in [2.24, 2.45) is 0 Å². The van der Waals surface area contributed by atoms with E-state index in [0.717, 1.165) is 6.26 Å². The van der Waals surface area contributed by atoms with Gasteiger partial charge >= 0.3 is 0 Å². The third-order valence-electron chi connectivity index (χ3n) is 2.98. The molecule has 1 rings (SSSR count). The Morgan fingerprint density at radius 1 is 1.35 bits per heavy atom. The largest absolute Gasteiger partial charge is 0.494 e. The SMILES string of the molecule is CCOc1ccc(C(C#N)C(=O)C(C)S(C)(=O)=O)cc1. The van der Waals surface area contributed by atoms with Crippen molar-refractivity contribution in [3.8, 4) is 11.8 Å². The fourth-order valence-corrected chi connectivity index (χ4v) is 2.23. The molecule has 20 heavy (non-hydrogen) atoms. The molecule has 0 aliphatic heterocycles. The highest BCUT2D eigenvalue weighted by Crippen LogP contribution is 2.22. The van der Waals surface area contributed by atoms with E-state index in [9.17, 15) is 13.2 Å². The summed E-state index contributed by atoms with van der Waals surface area (Å²) in [6.45, 7) is 3.67. The van der Waals surface area contributed by atoms with Gasteiger partial charge in [-0.1, -0.05) is 12.1 Å². The summed E-state index contributed by atoms with van der Waals surface area (Å²) < 4.78 is 28.1. The zero-order valence-corrected chi connectivity index (χ0v) is 12.5. The minimum atomic E-state index is -3.51. The fourth-order valence-electron chi connectivity index (χ4n) is 1.67. The minimum Gasteiger partial charge on any atom is -0.494 e. The molecule has 0 amide bonds. The second kappa shape index (κ2) is 6.53. The van der Waals surface area contributed by atoms with Gasteiger partial charge in [-0.15, -0.1) is 0 Å². The predicted molar refractivity (Wildman–Crippen MR) is 75.3 cm³/mol. The number of hydrogen-bond acceptors (Lipinski definition) is 5. The molecule has 0 aliphatic carbocycles. The first-order valence-corrected chi connectivity index (χ1v) is 8.11. The number of ether oxygens (including phenoxy) is 1. The van der Waals surface area contributed by atoms with Crippen LogP contribution in [0.15, 0.2) is 24.3 Å². The summed E-state index contributed by atoms with van der Waals surface area (Å²) in [6.07, 6.45) is 0.988. The Labute approximate surface area is 119 Å². The van der Waals surface area contributed by atoms with E-state index in [1.807, 2.05) is 13.0 Å². The Kier molecular flexibility index (Phi) is 5.28. The van der Waals surface area contributed by atoms with Crippen LogP contribution in [0.1, 0.15) is 25.3 Å². The molecule has 2 unspecified atom stereocenters. The van der Waals surface area contributed by atoms with Crippen LogP contribution in [-0.4, -0.2) is 32.3 Å². The first-order valence-electron chi connectivity index (χ1n) is 6.16. The molecule has 0 aliphatic rings. The van der Waals surface area contributed by atoms with Crippen LogP contribution < -0.4 is 4.74 Å². The fraction of sp³-hybridized carbons (Fsp3) is 0.429. The Hall–Kier alpha value is -1.87. The molecule has 0 N–H and O–H groups in total. The number of carbonyl (C=O) groups is 1. The molecule has 0 heterocycles. The molecule has 2 atom stereocenters. The lowest BCUT2D eigenvalue weighted by Gasteiger charge is -2.13. The summed E-state index contributed by atoms with van der Waals surface area (Å²) in [5, 5.41) is 7.94. The first-order chi connectivity index (χ1) is 9.31. The van der Waals surface area contributed by atoms with Crippen LogP contribution in [0.3, 0.4) is 0 Å². The molecule has 108 valence electrons. The van der Waals surface area contributed by atoms with E-state index in [2.05, 4.69) is 0 Å². The van der Waals surface area contributed by atoms with Crippen LogP contribution in [0.2, 0.25) is 0 Å². The minimum absolute atomic E-state index is 0.469. The number of sulfone groups is 1. The third-order valence-corrected chi connectivity index (χ3v) is 4.50. The van der Waals surface area contributed by atoms with Gasteiger partial charge in [0, 0.05) is 6.26 Å². The van der Waals surface area contributed by atoms with E-state index < -0.39 is 26.8 Å². The molecule has 5 nitrogen and oxygen atoms in total. The van der Waals surface area contributed by atoms with Crippen LogP contribution in [0.5, 0.6) is 5.75 Å². The molecule has 0 bridgehead atoms. The summed E-state index contributed by atoms with van der Waals surface area (Å²) in [6, 6.07) is 8.38. The van der Waals surface area contributed by atoms with Crippen LogP contribution in [0.4, 0.5) is 0 Å². The van der Waals surface area contributed by atoms with Gasteiger partial charge < -0.3 is 4.74 Å². The van der Waals surface area contributed by atoms with E-state index >= 15 is 0 Å². The van der Waals surface area contributed by atoms with Crippen molar-refractivity contribution in [1.82, 2.24) is 0 Å². The number of carbonyl (C=O) groups excluding carboxylic acids is 1. The average Bonchev–Trinajstić information content (AvgIpc) is 2.39. The lowest BCUT2D eigenvalue weighted by Crippen LogP contribution is -2.30. The van der Waals surface area contributed by atoms with Gasteiger partial charge in [-0.05, 0) is 31.5 Å². The normalized spacial score (nSPS) is 14.1. The molecule has 0 saturated carbocycles. The van der Waals surface area contributed by atoms with Gasteiger partial charge in [-0.2, -0.15) is 5.26 Å². The Balaban J connectivity index is 3.02. The van der Waals surface area contributed by atoms with Crippen molar-refractivity contribution in [3.63, 3.8) is 0 Å². The zero-order chi connectivity index (χ0) is 15.3. The van der Waals surface area contributed by atoms with E-state index in [0.29, 0.717) is 17.9 Å². The number of ketones is 1. The highest BCUT2D eigenvalue weighted by molar-refractivity contribution is 7.92. The topological polar surface area (TPSA) is 84.2 Å². The second-order valence-corrected chi connectivity index (χ2v) is 6.80. The molecular weight excluding hydrogens is 278 g/mol. The van der Waals surface area contributed by atoms with Gasteiger partial charge in [0.1, 0.15) is 16.9 Å². The maximum atomic E-state index is 12.1. The molecular formula is C14H17NO4S. The Morgan fingerprint density at radius 2 is 1.90 bits per heavy atom. The van der Waals surface area contributed by atoms with E-state index in [-0.39, 0.29) is 0 Å². The smallest absolute Gasteiger partial charge is 0.172 e. The van der Waals surface area contributed by atoms with E-state index in [4.69, 9.17) is 10.00 Å². The first kappa shape index (κ1) is 16.2. The maximum absolute atomic E-state index is 12.1. The molecule has 0 fully saturated rings. The highest BCUT2D eigenvalue weighted by Gasteiger charge is 2.31. The molecule has 6 heteroatoms. The molecule has 0 aromatic heterocycles. The van der Waals surface area contributed by atoms with Crippen LogP contribution in [-0.2, 0) is 14.6 Å². The van der Waals surface area contributed by atoms with E-state index in [1.54, 1.807) is 24.3 Å². The van der Waals surface area contributed by atoms with Crippen molar-refractivity contribution in [2.75, 3.05) is 12.9 Å². The van der Waals surface area contributed by atoms with Crippen molar-refractivity contribution in [3.05, 3.63) is 29.8 Å². The number of hydrogen-bond donors (Lipinski definition) is 0. The molecule has 1 aromatic carbocycles. The summed E-state index contributed by atoms with van der Waals surface area (Å²) in [5.41, 5.74) is 0.469. The third kappa shape index (κ3) is 3.81. The lowest BCUT2D eigenvalue weighted by molar-refractivity contribution is -0.118. The Bertz CT molecular complexity index is 614. The van der Waals surface area contributed by atoms with Gasteiger partial charge in [0.25, 0.3) is 0 Å². The van der Waals surface area contributed by atoms with Gasteiger partial charge in [0.2, 0.25) is 0 Å². The number of Topliss-reactive ketones (excluding diaryl/α,β-unsaturated/α-hetero) is 1. The molecule has 1 aromatic rings. The summed E-state index contributed by atoms with van der Waals surface area (Å²) in [7, 11) is -3.51. The van der Waals surface area contributed by atoms with Gasteiger partial charge in [0.05, 0.1) is 12.7 Å². The summed E-state index contributed by atoms with van der Waals surface area (Å²) in [5.74, 6) is -1.06. The Morgan fingerprint density at radius 3 is 2.30 bits per heavy atom. The van der Waals surface area contributed by atoms with Crippen molar-refractivity contribution in [1.29, 1.82) is 5.26 Å². The van der Waals surface area contributed by atoms with Crippen LogP contribution >= 0.6 is 0 Å². The van der Waals surface area contributed by atoms with Crippen molar-refractivity contribution >= 4 is 15.6 Å². The zero-order valence-electron chi connectivity index (χ0n) is 11.7. The van der Waals surface area contributed by atoms with Crippen molar-refractivity contribution < 1.29 is 17.9 Å². The summed E-state index contributed by atoms with van der Waals surface area (Å²) in [4.78, 5) is 12.1. The number of rotatable bonds is 6. The molecule has 0 saturated heterocycles. The quantitative estimate of drug-likeness (QED) is 0.797. The number of nitriles is 1. The number of benzene rings is 1. The van der Waals surface area contributed by atoms with E-state index in [1.165, 1.54) is 6.92 Å². The highest BCUT2D eigenvalue weighted by atomic mass is 32.2.